The first-order valence-corrected chi connectivity index (χ1v) is 8.70. The molecule has 0 radical (unpaired) electrons. The summed E-state index contributed by atoms with van der Waals surface area (Å²) in [7, 11) is 0. The van der Waals surface area contributed by atoms with Crippen LogP contribution in [0.5, 0.6) is 0 Å². The number of H-pyrrole nitrogens is 1. The van der Waals surface area contributed by atoms with Gasteiger partial charge in [0.2, 0.25) is 5.91 Å². The zero-order chi connectivity index (χ0) is 16.9. The molecular formula is C18H25N5O. The fourth-order valence-corrected chi connectivity index (χ4v) is 3.21. The minimum Gasteiger partial charge on any atom is -0.357 e. The average Bonchev–Trinajstić information content (AvgIpc) is 3.09. The van der Waals surface area contributed by atoms with Gasteiger partial charge in [-0.3, -0.25) is 4.79 Å². The second-order valence-electron chi connectivity index (χ2n) is 6.18. The van der Waals surface area contributed by atoms with Crippen molar-refractivity contribution >= 4 is 11.7 Å². The van der Waals surface area contributed by atoms with E-state index in [0.29, 0.717) is 6.54 Å². The van der Waals surface area contributed by atoms with Crippen LogP contribution in [0.4, 0.5) is 5.82 Å². The van der Waals surface area contributed by atoms with E-state index >= 15 is 0 Å². The molecule has 6 heteroatoms. The van der Waals surface area contributed by atoms with Crippen molar-refractivity contribution in [3.05, 3.63) is 41.6 Å². The predicted octanol–water partition coefficient (Wildman–Crippen LogP) is 2.07. The summed E-state index contributed by atoms with van der Waals surface area (Å²) in [5, 5.41) is 3.04. The third kappa shape index (κ3) is 3.58. The van der Waals surface area contributed by atoms with Gasteiger partial charge in [-0.05, 0) is 38.3 Å². The molecule has 1 amide bonds. The third-order valence-corrected chi connectivity index (χ3v) is 4.72. The van der Waals surface area contributed by atoms with E-state index < -0.39 is 0 Å². The minimum absolute atomic E-state index is 0.0286. The van der Waals surface area contributed by atoms with Crippen LogP contribution in [0.3, 0.4) is 0 Å². The standard InChI is InChI=1S/C18H25N5O/c1-3-23(4-2)17-8-5-13(10-19-17)11-20-18(24)14-6-7-15-16(9-14)22-12-21-15/h5,8,10,12,14H,3-4,6-7,9,11H2,1-2H3,(H,20,24)(H,21,22)/t14-/m1/s1. The highest BCUT2D eigenvalue weighted by Crippen LogP contribution is 2.23. The van der Waals surface area contributed by atoms with Crippen LogP contribution >= 0.6 is 0 Å². The zero-order valence-corrected chi connectivity index (χ0v) is 14.4. The lowest BCUT2D eigenvalue weighted by atomic mass is 9.89. The van der Waals surface area contributed by atoms with Crippen molar-refractivity contribution < 1.29 is 4.79 Å². The Morgan fingerprint density at radius 2 is 2.17 bits per heavy atom. The lowest BCUT2D eigenvalue weighted by molar-refractivity contribution is -0.125. The minimum atomic E-state index is 0.0286. The highest BCUT2D eigenvalue weighted by Gasteiger charge is 2.25. The molecule has 2 aromatic rings. The van der Waals surface area contributed by atoms with Crippen LogP contribution in [0, 0.1) is 5.92 Å². The van der Waals surface area contributed by atoms with Gasteiger partial charge in [-0.25, -0.2) is 9.97 Å². The van der Waals surface area contributed by atoms with E-state index in [1.807, 2.05) is 18.3 Å². The highest BCUT2D eigenvalue weighted by molar-refractivity contribution is 5.79. The molecule has 1 aliphatic carbocycles. The average molecular weight is 327 g/mol. The maximum Gasteiger partial charge on any atom is 0.223 e. The van der Waals surface area contributed by atoms with Crippen LogP contribution in [0.15, 0.2) is 24.7 Å². The van der Waals surface area contributed by atoms with E-state index in [1.54, 1.807) is 6.33 Å². The molecule has 2 N–H and O–H groups in total. The number of rotatable bonds is 6. The molecule has 24 heavy (non-hydrogen) atoms. The Bertz CT molecular complexity index is 675. The van der Waals surface area contributed by atoms with Crippen molar-refractivity contribution in [3.63, 3.8) is 0 Å². The van der Waals surface area contributed by atoms with E-state index in [9.17, 15) is 4.79 Å². The number of hydrogen-bond donors (Lipinski definition) is 2. The number of anilines is 1. The van der Waals surface area contributed by atoms with Gasteiger partial charge in [0.25, 0.3) is 0 Å². The van der Waals surface area contributed by atoms with Gasteiger partial charge in [-0.2, -0.15) is 0 Å². The van der Waals surface area contributed by atoms with E-state index in [1.165, 1.54) is 0 Å². The second kappa shape index (κ2) is 7.47. The van der Waals surface area contributed by atoms with Crippen LogP contribution in [0.2, 0.25) is 0 Å². The second-order valence-corrected chi connectivity index (χ2v) is 6.18. The number of aromatic nitrogens is 3. The number of aryl methyl sites for hydroxylation is 1. The molecule has 0 saturated heterocycles. The first-order chi connectivity index (χ1) is 11.7. The molecule has 3 rings (SSSR count). The summed E-state index contributed by atoms with van der Waals surface area (Å²) in [6, 6.07) is 4.06. The summed E-state index contributed by atoms with van der Waals surface area (Å²) >= 11 is 0. The Kier molecular flexibility index (Phi) is 5.13. The van der Waals surface area contributed by atoms with Gasteiger partial charge in [0.1, 0.15) is 5.82 Å². The maximum atomic E-state index is 12.4. The Hall–Kier alpha value is -2.37. The highest BCUT2D eigenvalue weighted by atomic mass is 16.1. The lowest BCUT2D eigenvalue weighted by Gasteiger charge is -2.21. The van der Waals surface area contributed by atoms with Gasteiger partial charge in [0.05, 0.1) is 12.0 Å². The van der Waals surface area contributed by atoms with Gasteiger partial charge in [0, 0.05) is 43.9 Å². The van der Waals surface area contributed by atoms with Crippen LogP contribution in [0.1, 0.15) is 37.2 Å². The first kappa shape index (κ1) is 16.5. The quantitative estimate of drug-likeness (QED) is 0.852. The summed E-state index contributed by atoms with van der Waals surface area (Å²) < 4.78 is 0. The number of pyridine rings is 1. The number of imidazole rings is 1. The Morgan fingerprint density at radius 3 is 2.88 bits per heavy atom. The normalized spacial score (nSPS) is 16.5. The molecule has 1 aliphatic rings. The summed E-state index contributed by atoms with van der Waals surface area (Å²) in [6.45, 7) is 6.65. The number of hydrogen-bond acceptors (Lipinski definition) is 4. The van der Waals surface area contributed by atoms with Crippen molar-refractivity contribution in [1.29, 1.82) is 0 Å². The summed E-state index contributed by atoms with van der Waals surface area (Å²) in [4.78, 5) is 26.5. The number of aromatic amines is 1. The maximum absolute atomic E-state index is 12.4. The Morgan fingerprint density at radius 1 is 1.33 bits per heavy atom. The van der Waals surface area contributed by atoms with Crippen molar-refractivity contribution in [1.82, 2.24) is 20.3 Å². The molecule has 0 aromatic carbocycles. The molecule has 0 spiro atoms. The van der Waals surface area contributed by atoms with Gasteiger partial charge < -0.3 is 15.2 Å². The molecule has 128 valence electrons. The summed E-state index contributed by atoms with van der Waals surface area (Å²) in [5.74, 6) is 1.12. The van der Waals surface area contributed by atoms with E-state index in [4.69, 9.17) is 0 Å². The van der Waals surface area contributed by atoms with Crippen LogP contribution in [-0.4, -0.2) is 33.9 Å². The third-order valence-electron chi connectivity index (χ3n) is 4.72. The number of amides is 1. The Labute approximate surface area is 142 Å². The molecule has 6 nitrogen and oxygen atoms in total. The molecule has 2 heterocycles. The topological polar surface area (TPSA) is 73.9 Å². The van der Waals surface area contributed by atoms with Crippen molar-refractivity contribution in [3.8, 4) is 0 Å². The first-order valence-electron chi connectivity index (χ1n) is 8.70. The lowest BCUT2D eigenvalue weighted by Crippen LogP contribution is -2.33. The summed E-state index contributed by atoms with van der Waals surface area (Å²) in [5.41, 5.74) is 3.24. The van der Waals surface area contributed by atoms with E-state index in [2.05, 4.69) is 39.0 Å². The monoisotopic (exact) mass is 327 g/mol. The van der Waals surface area contributed by atoms with Crippen LogP contribution < -0.4 is 10.2 Å². The zero-order valence-electron chi connectivity index (χ0n) is 14.4. The number of carbonyl (C=O) groups excluding carboxylic acids is 1. The fraction of sp³-hybridized carbons (Fsp3) is 0.500. The van der Waals surface area contributed by atoms with Crippen molar-refractivity contribution in [2.24, 2.45) is 5.92 Å². The van der Waals surface area contributed by atoms with E-state index in [0.717, 1.165) is 55.1 Å². The van der Waals surface area contributed by atoms with Gasteiger partial charge in [-0.1, -0.05) is 6.07 Å². The van der Waals surface area contributed by atoms with Gasteiger partial charge in [-0.15, -0.1) is 0 Å². The molecule has 0 aliphatic heterocycles. The molecular weight excluding hydrogens is 302 g/mol. The van der Waals surface area contributed by atoms with Crippen LogP contribution in [0.25, 0.3) is 0 Å². The van der Waals surface area contributed by atoms with Crippen molar-refractivity contribution in [2.75, 3.05) is 18.0 Å². The predicted molar refractivity (Wildman–Crippen MR) is 93.7 cm³/mol. The number of carbonyl (C=O) groups is 1. The van der Waals surface area contributed by atoms with E-state index in [-0.39, 0.29) is 11.8 Å². The number of fused-ring (bicyclic) bond motifs is 1. The van der Waals surface area contributed by atoms with Crippen LogP contribution in [-0.2, 0) is 24.2 Å². The molecule has 0 saturated carbocycles. The molecule has 0 fully saturated rings. The molecule has 2 aromatic heterocycles. The fourth-order valence-electron chi connectivity index (χ4n) is 3.21. The SMILES string of the molecule is CCN(CC)c1ccc(CNC(=O)[C@@H]2CCc3nc[nH]c3C2)cn1. The smallest absolute Gasteiger partial charge is 0.223 e. The van der Waals surface area contributed by atoms with Crippen molar-refractivity contribution in [2.45, 2.75) is 39.7 Å². The number of nitrogens with one attached hydrogen (secondary N) is 2. The molecule has 1 atom stereocenters. The molecule has 0 bridgehead atoms. The number of nitrogens with zero attached hydrogens (tertiary/aromatic N) is 3. The van der Waals surface area contributed by atoms with Gasteiger partial charge >= 0.3 is 0 Å². The Balaban J connectivity index is 1.53. The molecule has 0 unspecified atom stereocenters. The summed E-state index contributed by atoms with van der Waals surface area (Å²) in [6.07, 6.45) is 6.05. The van der Waals surface area contributed by atoms with Gasteiger partial charge in [0.15, 0.2) is 0 Å². The largest absolute Gasteiger partial charge is 0.357 e.